The molecule has 0 aliphatic carbocycles. The smallest absolute Gasteiger partial charge is 0.313 e. The third-order valence-electron chi connectivity index (χ3n) is 2.56. The first-order valence-electron chi connectivity index (χ1n) is 6.07. The fraction of sp³-hybridized carbons (Fsp3) is 0.538. The van der Waals surface area contributed by atoms with Crippen LogP contribution in [0.2, 0.25) is 0 Å². The van der Waals surface area contributed by atoms with E-state index < -0.39 is 11.4 Å². The van der Waals surface area contributed by atoms with E-state index in [2.05, 4.69) is 5.32 Å². The van der Waals surface area contributed by atoms with Crippen LogP contribution in [0.3, 0.4) is 0 Å². The van der Waals surface area contributed by atoms with Crippen molar-refractivity contribution in [1.29, 1.82) is 0 Å². The van der Waals surface area contributed by atoms with Crippen molar-refractivity contribution in [2.24, 2.45) is 0 Å². The van der Waals surface area contributed by atoms with Crippen LogP contribution in [-0.4, -0.2) is 23.7 Å². The summed E-state index contributed by atoms with van der Waals surface area (Å²) in [4.78, 5) is 0. The van der Waals surface area contributed by atoms with Crippen molar-refractivity contribution < 1.29 is 22.0 Å². The summed E-state index contributed by atoms with van der Waals surface area (Å²) in [5.41, 5.74) is 2.18. The van der Waals surface area contributed by atoms with Crippen LogP contribution in [0.25, 0.3) is 0 Å². The second kappa shape index (κ2) is 7.26. The fourth-order valence-electron chi connectivity index (χ4n) is 1.42. The molecule has 0 atom stereocenters. The van der Waals surface area contributed by atoms with E-state index in [1.807, 2.05) is 31.2 Å². The van der Waals surface area contributed by atoms with Crippen LogP contribution in [0.1, 0.15) is 17.5 Å². The Bertz CT molecular complexity index is 402. The van der Waals surface area contributed by atoms with Gasteiger partial charge in [0.1, 0.15) is 0 Å². The molecule has 0 bridgehead atoms. The molecule has 0 spiro atoms. The number of halogens is 5. The number of hydrogen-bond donors (Lipinski definition) is 1. The summed E-state index contributed by atoms with van der Waals surface area (Å²) in [7, 11) is 0. The molecule has 1 rings (SSSR count). The molecule has 20 heavy (non-hydrogen) atoms. The number of hydrogen-bond acceptors (Lipinski definition) is 2. The third kappa shape index (κ3) is 5.66. The molecule has 0 amide bonds. The SMILES string of the molecule is Cc1ccc(CNCCCSC(F)(F)C(F)(F)F)cc1. The molecule has 1 aromatic rings. The molecule has 1 aromatic carbocycles. The van der Waals surface area contributed by atoms with Crippen LogP contribution in [0, 0.1) is 6.92 Å². The molecule has 0 aromatic heterocycles. The zero-order chi connectivity index (χ0) is 15.2. The Morgan fingerprint density at radius 2 is 1.65 bits per heavy atom. The summed E-state index contributed by atoms with van der Waals surface area (Å²) in [6.45, 7) is 2.94. The van der Waals surface area contributed by atoms with Gasteiger partial charge in [0.15, 0.2) is 0 Å². The van der Waals surface area contributed by atoms with Crippen LogP contribution in [0.15, 0.2) is 24.3 Å². The summed E-state index contributed by atoms with van der Waals surface area (Å²) in [5.74, 6) is -0.243. The lowest BCUT2D eigenvalue weighted by atomic mass is 10.1. The highest BCUT2D eigenvalue weighted by Gasteiger charge is 2.57. The van der Waals surface area contributed by atoms with Crippen LogP contribution in [0.4, 0.5) is 22.0 Å². The summed E-state index contributed by atoms with van der Waals surface area (Å²) in [5, 5.41) is -1.66. The lowest BCUT2D eigenvalue weighted by molar-refractivity contribution is -0.237. The summed E-state index contributed by atoms with van der Waals surface area (Å²) < 4.78 is 60.7. The Labute approximate surface area is 118 Å². The van der Waals surface area contributed by atoms with Crippen molar-refractivity contribution in [3.05, 3.63) is 35.4 Å². The first-order valence-corrected chi connectivity index (χ1v) is 7.06. The minimum Gasteiger partial charge on any atom is -0.313 e. The molecule has 0 saturated carbocycles. The zero-order valence-electron chi connectivity index (χ0n) is 10.9. The molecule has 0 unspecified atom stereocenters. The Hall–Kier alpha value is -0.820. The van der Waals surface area contributed by atoms with E-state index in [-0.39, 0.29) is 23.9 Å². The normalized spacial score (nSPS) is 12.7. The van der Waals surface area contributed by atoms with Gasteiger partial charge in [-0.1, -0.05) is 41.6 Å². The lowest BCUT2D eigenvalue weighted by Crippen LogP contribution is -2.33. The number of benzene rings is 1. The highest BCUT2D eigenvalue weighted by molar-refractivity contribution is 8.00. The Morgan fingerprint density at radius 3 is 2.20 bits per heavy atom. The molecule has 7 heteroatoms. The second-order valence-electron chi connectivity index (χ2n) is 4.38. The monoisotopic (exact) mass is 313 g/mol. The molecule has 0 saturated heterocycles. The van der Waals surface area contributed by atoms with Gasteiger partial charge in [-0.15, -0.1) is 0 Å². The van der Waals surface area contributed by atoms with Gasteiger partial charge in [-0.3, -0.25) is 0 Å². The Kier molecular flexibility index (Phi) is 6.26. The van der Waals surface area contributed by atoms with E-state index in [0.717, 1.165) is 11.1 Å². The van der Waals surface area contributed by atoms with Crippen molar-refractivity contribution >= 4 is 11.8 Å². The van der Waals surface area contributed by atoms with Crippen molar-refractivity contribution in [1.82, 2.24) is 5.32 Å². The average Bonchev–Trinajstić information content (AvgIpc) is 2.34. The number of rotatable bonds is 7. The van der Waals surface area contributed by atoms with E-state index in [9.17, 15) is 22.0 Å². The van der Waals surface area contributed by atoms with E-state index in [0.29, 0.717) is 13.1 Å². The van der Waals surface area contributed by atoms with Gasteiger partial charge in [0, 0.05) is 12.3 Å². The maximum absolute atomic E-state index is 12.6. The summed E-state index contributed by atoms with van der Waals surface area (Å²) >= 11 is -0.364. The maximum Gasteiger partial charge on any atom is 0.464 e. The molecule has 114 valence electrons. The van der Waals surface area contributed by atoms with Crippen molar-refractivity contribution in [2.75, 3.05) is 12.3 Å². The minimum atomic E-state index is -5.48. The van der Waals surface area contributed by atoms with Gasteiger partial charge in [0.2, 0.25) is 0 Å². The average molecular weight is 313 g/mol. The van der Waals surface area contributed by atoms with Crippen LogP contribution < -0.4 is 5.32 Å². The second-order valence-corrected chi connectivity index (χ2v) is 5.59. The standard InChI is InChI=1S/C13H16F5NS/c1-10-3-5-11(6-4-10)9-19-7-2-8-20-13(17,18)12(14,15)16/h3-6,19H,2,7-9H2,1H3. The highest BCUT2D eigenvalue weighted by Crippen LogP contribution is 2.44. The van der Waals surface area contributed by atoms with E-state index in [1.54, 1.807) is 0 Å². The van der Waals surface area contributed by atoms with Gasteiger partial charge >= 0.3 is 11.4 Å². The number of nitrogens with one attached hydrogen (secondary N) is 1. The van der Waals surface area contributed by atoms with Crippen molar-refractivity contribution in [3.63, 3.8) is 0 Å². The van der Waals surface area contributed by atoms with Crippen LogP contribution >= 0.6 is 11.8 Å². The van der Waals surface area contributed by atoms with Gasteiger partial charge in [-0.25, -0.2) is 0 Å². The predicted octanol–water partition coefficient (Wildman–Crippen LogP) is 4.36. The maximum atomic E-state index is 12.6. The molecular formula is C13H16F5NS. The molecule has 0 aliphatic heterocycles. The first-order chi connectivity index (χ1) is 9.22. The number of thioether (sulfide) groups is 1. The largest absolute Gasteiger partial charge is 0.464 e. The molecule has 0 fully saturated rings. The minimum absolute atomic E-state index is 0.243. The van der Waals surface area contributed by atoms with Gasteiger partial charge < -0.3 is 5.32 Å². The van der Waals surface area contributed by atoms with Crippen molar-refractivity contribution in [2.45, 2.75) is 31.3 Å². The summed E-state index contributed by atoms with van der Waals surface area (Å²) in [6.07, 6.45) is -5.23. The first kappa shape index (κ1) is 17.2. The lowest BCUT2D eigenvalue weighted by Gasteiger charge is -2.18. The van der Waals surface area contributed by atoms with E-state index in [4.69, 9.17) is 0 Å². The van der Waals surface area contributed by atoms with Crippen molar-refractivity contribution in [3.8, 4) is 0 Å². The number of aryl methyl sites for hydroxylation is 1. The molecule has 1 N–H and O–H groups in total. The Balaban J connectivity index is 2.15. The van der Waals surface area contributed by atoms with E-state index >= 15 is 0 Å². The summed E-state index contributed by atoms with van der Waals surface area (Å²) in [6, 6.07) is 7.79. The fourth-order valence-corrected chi connectivity index (χ4v) is 2.13. The van der Waals surface area contributed by atoms with Gasteiger partial charge in [-0.05, 0) is 25.5 Å². The molecule has 0 radical (unpaired) electrons. The molecule has 1 nitrogen and oxygen atoms in total. The van der Waals surface area contributed by atoms with Gasteiger partial charge in [-0.2, -0.15) is 22.0 Å². The quantitative estimate of drug-likeness (QED) is 0.593. The molecule has 0 heterocycles. The van der Waals surface area contributed by atoms with Gasteiger partial charge in [0.05, 0.1) is 0 Å². The highest BCUT2D eigenvalue weighted by atomic mass is 32.2. The van der Waals surface area contributed by atoms with Crippen LogP contribution in [0.5, 0.6) is 0 Å². The number of alkyl halides is 5. The Morgan fingerprint density at radius 1 is 1.05 bits per heavy atom. The van der Waals surface area contributed by atoms with Crippen LogP contribution in [-0.2, 0) is 6.54 Å². The predicted molar refractivity (Wildman–Crippen MR) is 71.0 cm³/mol. The van der Waals surface area contributed by atoms with Gasteiger partial charge in [0.25, 0.3) is 0 Å². The third-order valence-corrected chi connectivity index (χ3v) is 3.65. The molecular weight excluding hydrogens is 297 g/mol. The topological polar surface area (TPSA) is 12.0 Å². The molecule has 0 aliphatic rings. The zero-order valence-corrected chi connectivity index (χ0v) is 11.8. The van der Waals surface area contributed by atoms with E-state index in [1.165, 1.54) is 0 Å².